The van der Waals surface area contributed by atoms with Gasteiger partial charge in [-0.1, -0.05) is 0 Å². The van der Waals surface area contributed by atoms with Crippen LogP contribution in [0.25, 0.3) is 10.9 Å². The molecule has 0 bridgehead atoms. The lowest BCUT2D eigenvalue weighted by atomic mass is 9.90. The zero-order valence-corrected chi connectivity index (χ0v) is 16.4. The molecule has 162 valence electrons. The van der Waals surface area contributed by atoms with E-state index in [1.807, 2.05) is 12.3 Å². The lowest BCUT2D eigenvalue weighted by Gasteiger charge is -2.27. The van der Waals surface area contributed by atoms with Gasteiger partial charge in [-0.2, -0.15) is 0 Å². The molecule has 31 heavy (non-hydrogen) atoms. The van der Waals surface area contributed by atoms with Crippen molar-refractivity contribution in [2.45, 2.75) is 18.9 Å². The van der Waals surface area contributed by atoms with Crippen LogP contribution in [-0.4, -0.2) is 49.0 Å². The zero-order chi connectivity index (χ0) is 22.5. The number of phenolic OH excluding ortho intramolecular Hbond substituents is 3. The Bertz CT molecular complexity index is 1130. The number of fused-ring (bicyclic) bond motifs is 2. The van der Waals surface area contributed by atoms with E-state index in [2.05, 4.69) is 10.3 Å². The lowest BCUT2D eigenvalue weighted by molar-refractivity contribution is -0.134. The van der Waals surface area contributed by atoms with Gasteiger partial charge in [-0.25, -0.2) is 9.59 Å². The number of hydrogen-bond acceptors (Lipinski definition) is 6. The normalized spacial score (nSPS) is 15.3. The van der Waals surface area contributed by atoms with Crippen LogP contribution in [0.3, 0.4) is 0 Å². The topological polar surface area (TPSA) is 163 Å². The Morgan fingerprint density at radius 2 is 1.68 bits per heavy atom. The van der Waals surface area contributed by atoms with Crippen LogP contribution < -0.4 is 5.32 Å². The summed E-state index contributed by atoms with van der Waals surface area (Å²) in [4.78, 5) is 22.3. The highest BCUT2D eigenvalue weighted by Crippen LogP contribution is 2.36. The van der Waals surface area contributed by atoms with Crippen LogP contribution in [0, 0.1) is 0 Å². The average molecular weight is 426 g/mol. The number of hydrogen-bond donors (Lipinski definition) is 7. The number of carbonyl (C=O) groups is 2. The highest BCUT2D eigenvalue weighted by molar-refractivity contribution is 5.89. The molecule has 0 spiro atoms. The maximum atomic E-state index is 9.81. The van der Waals surface area contributed by atoms with Gasteiger partial charge >= 0.3 is 11.9 Å². The molecule has 1 aromatic heterocycles. The van der Waals surface area contributed by atoms with Crippen LogP contribution in [-0.2, 0) is 22.4 Å². The first-order chi connectivity index (χ1) is 14.7. The SMILES string of the molecule is O=C(O)/C=C/C(=O)O.Oc1ccc2[nH]cc(CC3NCCc4cc(O)c(O)cc43)c2c1. The summed E-state index contributed by atoms with van der Waals surface area (Å²) < 4.78 is 0. The van der Waals surface area contributed by atoms with Gasteiger partial charge in [0.1, 0.15) is 5.75 Å². The molecule has 0 fully saturated rings. The first-order valence-corrected chi connectivity index (χ1v) is 9.45. The van der Waals surface area contributed by atoms with Crippen molar-refractivity contribution in [3.63, 3.8) is 0 Å². The van der Waals surface area contributed by atoms with Crippen molar-refractivity contribution >= 4 is 22.8 Å². The fraction of sp³-hybridized carbons (Fsp3) is 0.182. The van der Waals surface area contributed by atoms with E-state index in [1.165, 1.54) is 0 Å². The van der Waals surface area contributed by atoms with E-state index in [-0.39, 0.29) is 23.3 Å². The molecule has 1 aliphatic heterocycles. The highest BCUT2D eigenvalue weighted by atomic mass is 16.4. The van der Waals surface area contributed by atoms with Crippen LogP contribution in [0.1, 0.15) is 22.7 Å². The fourth-order valence-corrected chi connectivity index (χ4v) is 3.55. The molecular formula is C22H22N2O7. The van der Waals surface area contributed by atoms with Crippen molar-refractivity contribution in [1.29, 1.82) is 0 Å². The molecule has 0 radical (unpaired) electrons. The second-order valence-corrected chi connectivity index (χ2v) is 7.05. The van der Waals surface area contributed by atoms with Gasteiger partial charge in [0.25, 0.3) is 0 Å². The summed E-state index contributed by atoms with van der Waals surface area (Å²) in [6.07, 6.45) is 4.64. The average Bonchev–Trinajstić information content (AvgIpc) is 3.10. The van der Waals surface area contributed by atoms with Gasteiger partial charge in [0.15, 0.2) is 11.5 Å². The van der Waals surface area contributed by atoms with E-state index in [1.54, 1.807) is 24.3 Å². The Labute approximate surface area is 176 Å². The van der Waals surface area contributed by atoms with Gasteiger partial charge in [0.2, 0.25) is 0 Å². The summed E-state index contributed by atoms with van der Waals surface area (Å²) in [5.74, 6) is -2.42. The van der Waals surface area contributed by atoms with Crippen molar-refractivity contribution in [2.75, 3.05) is 6.54 Å². The minimum absolute atomic E-state index is 0.0617. The molecule has 4 rings (SSSR count). The second-order valence-electron chi connectivity index (χ2n) is 7.05. The summed E-state index contributed by atoms with van der Waals surface area (Å²) in [6, 6.07) is 8.65. The van der Waals surface area contributed by atoms with Gasteiger partial charge in [0.05, 0.1) is 0 Å². The minimum Gasteiger partial charge on any atom is -0.508 e. The van der Waals surface area contributed by atoms with Crippen LogP contribution >= 0.6 is 0 Å². The first kappa shape index (κ1) is 21.7. The molecule has 9 nitrogen and oxygen atoms in total. The molecule has 1 atom stereocenters. The molecule has 0 aliphatic carbocycles. The summed E-state index contributed by atoms with van der Waals surface area (Å²) in [6.45, 7) is 0.829. The zero-order valence-electron chi connectivity index (χ0n) is 16.4. The number of phenols is 3. The summed E-state index contributed by atoms with van der Waals surface area (Å²) in [5, 5.41) is 49.3. The lowest BCUT2D eigenvalue weighted by Crippen LogP contribution is -2.31. The minimum atomic E-state index is -1.26. The number of rotatable bonds is 4. The van der Waals surface area contributed by atoms with Gasteiger partial charge in [-0.15, -0.1) is 0 Å². The fourth-order valence-electron chi connectivity index (χ4n) is 3.55. The Morgan fingerprint density at radius 3 is 2.35 bits per heavy atom. The van der Waals surface area contributed by atoms with E-state index in [9.17, 15) is 24.9 Å². The smallest absolute Gasteiger partial charge is 0.328 e. The third-order valence-electron chi connectivity index (χ3n) is 4.94. The number of nitrogens with one attached hydrogen (secondary N) is 2. The predicted molar refractivity (Wildman–Crippen MR) is 112 cm³/mol. The molecule has 2 heterocycles. The van der Waals surface area contributed by atoms with Crippen molar-refractivity contribution in [1.82, 2.24) is 10.3 Å². The number of benzene rings is 2. The molecule has 7 N–H and O–H groups in total. The number of aromatic amines is 1. The van der Waals surface area contributed by atoms with Crippen LogP contribution in [0.5, 0.6) is 17.2 Å². The number of aromatic hydroxyl groups is 3. The molecular weight excluding hydrogens is 404 g/mol. The first-order valence-electron chi connectivity index (χ1n) is 9.45. The Morgan fingerprint density at radius 1 is 1.00 bits per heavy atom. The van der Waals surface area contributed by atoms with Gasteiger partial charge in [0, 0.05) is 35.3 Å². The second kappa shape index (κ2) is 9.23. The van der Waals surface area contributed by atoms with Gasteiger partial charge < -0.3 is 35.8 Å². The van der Waals surface area contributed by atoms with E-state index < -0.39 is 11.9 Å². The molecule has 3 aromatic rings. The molecule has 2 aromatic carbocycles. The molecule has 1 unspecified atom stereocenters. The Hall–Kier alpha value is -3.98. The van der Waals surface area contributed by atoms with Crippen molar-refractivity contribution in [3.8, 4) is 17.2 Å². The quantitative estimate of drug-likeness (QED) is 0.247. The molecule has 0 saturated carbocycles. The molecule has 0 amide bonds. The van der Waals surface area contributed by atoms with Crippen molar-refractivity contribution < 1.29 is 35.1 Å². The van der Waals surface area contributed by atoms with Gasteiger partial charge in [-0.3, -0.25) is 0 Å². The molecule has 9 heteroatoms. The molecule has 0 saturated heterocycles. The van der Waals surface area contributed by atoms with E-state index in [0.29, 0.717) is 12.2 Å². The van der Waals surface area contributed by atoms with E-state index in [4.69, 9.17) is 10.2 Å². The van der Waals surface area contributed by atoms with Crippen molar-refractivity contribution in [3.05, 3.63) is 65.4 Å². The van der Waals surface area contributed by atoms with Crippen molar-refractivity contribution in [2.24, 2.45) is 0 Å². The maximum absolute atomic E-state index is 9.81. The van der Waals surface area contributed by atoms with Crippen LogP contribution in [0.4, 0.5) is 0 Å². The Balaban J connectivity index is 0.000000293. The number of aromatic nitrogens is 1. The maximum Gasteiger partial charge on any atom is 0.328 e. The number of carboxylic acids is 2. The third-order valence-corrected chi connectivity index (χ3v) is 4.94. The number of carboxylic acid groups (broad SMARTS) is 2. The standard InChI is InChI=1S/C18H18N2O3.C4H4O4/c21-12-1-2-15-13(7-12)11(9-20-15)5-16-14-8-18(23)17(22)6-10(14)3-4-19-16;5-3(6)1-2-4(7)8/h1-2,6-9,16,19-23H,3-5H2;1-2H,(H,5,6)(H,7,8)/b;2-1+. The number of H-pyrrole nitrogens is 1. The molecule has 1 aliphatic rings. The largest absolute Gasteiger partial charge is 0.508 e. The van der Waals surface area contributed by atoms with Crippen LogP contribution in [0.2, 0.25) is 0 Å². The number of aliphatic carboxylic acids is 2. The van der Waals surface area contributed by atoms with Gasteiger partial charge in [-0.05, 0) is 66.4 Å². The summed E-state index contributed by atoms with van der Waals surface area (Å²) in [5.41, 5.74) is 4.17. The summed E-state index contributed by atoms with van der Waals surface area (Å²) >= 11 is 0. The summed E-state index contributed by atoms with van der Waals surface area (Å²) in [7, 11) is 0. The van der Waals surface area contributed by atoms with Crippen LogP contribution in [0.15, 0.2) is 48.7 Å². The van der Waals surface area contributed by atoms with E-state index >= 15 is 0 Å². The third kappa shape index (κ3) is 5.34. The Kier molecular flexibility index (Phi) is 6.46. The highest BCUT2D eigenvalue weighted by Gasteiger charge is 2.23. The van der Waals surface area contributed by atoms with E-state index in [0.717, 1.165) is 47.0 Å². The predicted octanol–water partition coefficient (Wildman–Crippen LogP) is 2.43. The monoisotopic (exact) mass is 426 g/mol.